The third-order valence-corrected chi connectivity index (χ3v) is 8.28. The standard InChI is InChI=1S/C24H35BrO4S/c1-3-17-14-23(27)21(8-6-4-5-7-9-24(28)29)20(17)13-11-18(26)10-12-19-15-22(25)16(2)30-19/h4,6,11,13,15,17-18,20-21,23,26-27H,3,5,7-10,12,14H2,1-2H3,(H,28,29)/b6-4-,13-11+/t17-,18+,20+,21-,23?/m1/s1. The predicted octanol–water partition coefficient (Wildman–Crippen LogP) is 5.89. The smallest absolute Gasteiger partial charge is 0.303 e. The van der Waals surface area contributed by atoms with Crippen LogP contribution < -0.4 is 0 Å². The summed E-state index contributed by atoms with van der Waals surface area (Å²) in [5, 5.41) is 29.7. The molecule has 30 heavy (non-hydrogen) atoms. The van der Waals surface area contributed by atoms with Crippen molar-refractivity contribution in [1.82, 2.24) is 0 Å². The van der Waals surface area contributed by atoms with Crippen molar-refractivity contribution in [3.63, 3.8) is 0 Å². The van der Waals surface area contributed by atoms with E-state index in [9.17, 15) is 15.0 Å². The van der Waals surface area contributed by atoms with Crippen LogP contribution in [0.3, 0.4) is 0 Å². The maximum absolute atomic E-state index is 10.6. The summed E-state index contributed by atoms with van der Waals surface area (Å²) in [6.45, 7) is 4.25. The fraction of sp³-hybridized carbons (Fsp3) is 0.625. The van der Waals surface area contributed by atoms with Gasteiger partial charge in [0.1, 0.15) is 0 Å². The molecule has 0 bridgehead atoms. The van der Waals surface area contributed by atoms with Gasteiger partial charge in [-0.2, -0.15) is 0 Å². The molecule has 0 radical (unpaired) electrons. The van der Waals surface area contributed by atoms with Crippen molar-refractivity contribution in [2.75, 3.05) is 0 Å². The molecule has 3 N–H and O–H groups in total. The lowest BCUT2D eigenvalue weighted by molar-refractivity contribution is -0.137. The number of aliphatic hydroxyl groups is 2. The molecular formula is C24H35BrO4S. The maximum Gasteiger partial charge on any atom is 0.303 e. The first-order chi connectivity index (χ1) is 14.3. The monoisotopic (exact) mass is 498 g/mol. The van der Waals surface area contributed by atoms with Crippen molar-refractivity contribution >= 4 is 33.2 Å². The molecule has 0 spiro atoms. The van der Waals surface area contributed by atoms with E-state index in [0.717, 1.165) is 36.6 Å². The van der Waals surface area contributed by atoms with E-state index in [-0.39, 0.29) is 24.4 Å². The van der Waals surface area contributed by atoms with Crippen LogP contribution in [0.1, 0.15) is 61.6 Å². The van der Waals surface area contributed by atoms with Crippen LogP contribution in [0.4, 0.5) is 0 Å². The minimum atomic E-state index is -0.758. The second kappa shape index (κ2) is 12.8. The van der Waals surface area contributed by atoms with Gasteiger partial charge in [-0.3, -0.25) is 4.79 Å². The first kappa shape index (κ1) is 25.3. The van der Waals surface area contributed by atoms with Gasteiger partial charge in [-0.05, 0) is 85.2 Å². The average Bonchev–Trinajstić information content (AvgIpc) is 3.19. The molecule has 5 atom stereocenters. The molecular weight excluding hydrogens is 464 g/mol. The number of carbonyl (C=O) groups is 1. The number of hydrogen-bond acceptors (Lipinski definition) is 4. The van der Waals surface area contributed by atoms with Crippen LogP contribution in [0.25, 0.3) is 0 Å². The van der Waals surface area contributed by atoms with Crippen LogP contribution >= 0.6 is 27.3 Å². The lowest BCUT2D eigenvalue weighted by Gasteiger charge is -2.21. The molecule has 1 aromatic rings. The molecule has 4 nitrogen and oxygen atoms in total. The zero-order valence-corrected chi connectivity index (χ0v) is 20.4. The molecule has 0 aromatic carbocycles. The Hall–Kier alpha value is -0.950. The van der Waals surface area contributed by atoms with Gasteiger partial charge >= 0.3 is 5.97 Å². The largest absolute Gasteiger partial charge is 0.481 e. The number of carboxylic acid groups (broad SMARTS) is 1. The minimum absolute atomic E-state index is 0.157. The Bertz CT molecular complexity index is 707. The number of aliphatic carboxylic acids is 1. The van der Waals surface area contributed by atoms with Gasteiger partial charge in [0.15, 0.2) is 0 Å². The summed E-state index contributed by atoms with van der Waals surface area (Å²) in [4.78, 5) is 13.1. The molecule has 1 aliphatic carbocycles. The van der Waals surface area contributed by atoms with Crippen molar-refractivity contribution in [2.45, 2.75) is 77.4 Å². The Morgan fingerprint density at radius 3 is 2.80 bits per heavy atom. The van der Waals surface area contributed by atoms with Crippen LogP contribution in [0, 0.1) is 24.7 Å². The number of carboxylic acids is 1. The second-order valence-corrected chi connectivity index (χ2v) is 10.5. The van der Waals surface area contributed by atoms with E-state index in [1.165, 1.54) is 9.75 Å². The molecule has 1 fully saturated rings. The number of aryl methyl sites for hydroxylation is 2. The predicted molar refractivity (Wildman–Crippen MR) is 127 cm³/mol. The summed E-state index contributed by atoms with van der Waals surface area (Å²) >= 11 is 5.31. The van der Waals surface area contributed by atoms with Crippen LogP contribution in [0.2, 0.25) is 0 Å². The van der Waals surface area contributed by atoms with Gasteiger partial charge in [-0.25, -0.2) is 0 Å². The molecule has 1 aliphatic rings. The lowest BCUT2D eigenvalue weighted by Crippen LogP contribution is -2.19. The first-order valence-corrected chi connectivity index (χ1v) is 12.6. The summed E-state index contributed by atoms with van der Waals surface area (Å²) in [7, 11) is 0. The van der Waals surface area contributed by atoms with Crippen molar-refractivity contribution in [3.8, 4) is 0 Å². The van der Waals surface area contributed by atoms with E-state index in [0.29, 0.717) is 18.8 Å². The van der Waals surface area contributed by atoms with E-state index < -0.39 is 12.1 Å². The normalized spacial score (nSPS) is 25.5. The van der Waals surface area contributed by atoms with Crippen molar-refractivity contribution in [1.29, 1.82) is 0 Å². The lowest BCUT2D eigenvalue weighted by atomic mass is 9.85. The van der Waals surface area contributed by atoms with Crippen molar-refractivity contribution < 1.29 is 20.1 Å². The summed E-state index contributed by atoms with van der Waals surface area (Å²) < 4.78 is 1.14. The Labute approximate surface area is 192 Å². The van der Waals surface area contributed by atoms with E-state index in [4.69, 9.17) is 5.11 Å². The molecule has 1 aromatic heterocycles. The molecule has 1 unspecified atom stereocenters. The zero-order valence-electron chi connectivity index (χ0n) is 18.0. The highest BCUT2D eigenvalue weighted by molar-refractivity contribution is 9.10. The quantitative estimate of drug-likeness (QED) is 0.248. The maximum atomic E-state index is 10.6. The number of rotatable bonds is 12. The summed E-state index contributed by atoms with van der Waals surface area (Å²) in [5.41, 5.74) is 0. The van der Waals surface area contributed by atoms with E-state index in [1.807, 2.05) is 12.2 Å². The molecule has 0 amide bonds. The van der Waals surface area contributed by atoms with Gasteiger partial charge in [-0.1, -0.05) is 37.6 Å². The summed E-state index contributed by atoms with van der Waals surface area (Å²) in [5.74, 6) is 0.0993. The van der Waals surface area contributed by atoms with E-state index in [2.05, 4.69) is 48.0 Å². The molecule has 1 saturated carbocycles. The number of aliphatic hydroxyl groups excluding tert-OH is 2. The summed E-state index contributed by atoms with van der Waals surface area (Å²) in [6, 6.07) is 2.13. The first-order valence-electron chi connectivity index (χ1n) is 11.0. The minimum Gasteiger partial charge on any atom is -0.481 e. The SMILES string of the molecule is CC[C@@H]1CC(O)[C@H](C/C=C\CCCC(=O)O)[C@H]1/C=C/[C@@H](O)CCc1cc(Br)c(C)s1. The van der Waals surface area contributed by atoms with Crippen LogP contribution in [-0.2, 0) is 11.2 Å². The fourth-order valence-corrected chi connectivity index (χ4v) is 5.94. The Balaban J connectivity index is 1.88. The number of thiophene rings is 1. The number of allylic oxidation sites excluding steroid dienone is 3. The molecule has 168 valence electrons. The van der Waals surface area contributed by atoms with Crippen molar-refractivity contribution in [2.24, 2.45) is 17.8 Å². The van der Waals surface area contributed by atoms with Crippen LogP contribution in [0.15, 0.2) is 34.8 Å². The Morgan fingerprint density at radius 1 is 1.40 bits per heavy atom. The highest BCUT2D eigenvalue weighted by Crippen LogP contribution is 2.42. The Morgan fingerprint density at radius 2 is 2.17 bits per heavy atom. The van der Waals surface area contributed by atoms with Gasteiger partial charge in [0, 0.05) is 20.6 Å². The van der Waals surface area contributed by atoms with E-state index >= 15 is 0 Å². The van der Waals surface area contributed by atoms with Gasteiger partial charge in [-0.15, -0.1) is 11.3 Å². The number of hydrogen-bond donors (Lipinski definition) is 3. The van der Waals surface area contributed by atoms with Crippen molar-refractivity contribution in [3.05, 3.63) is 44.6 Å². The molecule has 0 saturated heterocycles. The fourth-order valence-electron chi connectivity index (χ4n) is 4.33. The topological polar surface area (TPSA) is 77.8 Å². The highest BCUT2D eigenvalue weighted by atomic mass is 79.9. The van der Waals surface area contributed by atoms with Gasteiger partial charge < -0.3 is 15.3 Å². The van der Waals surface area contributed by atoms with Crippen LogP contribution in [0.5, 0.6) is 0 Å². The third kappa shape index (κ3) is 7.95. The van der Waals surface area contributed by atoms with Gasteiger partial charge in [0.25, 0.3) is 0 Å². The molecule has 2 rings (SSSR count). The third-order valence-electron chi connectivity index (χ3n) is 6.09. The van der Waals surface area contributed by atoms with E-state index in [1.54, 1.807) is 11.3 Å². The summed E-state index contributed by atoms with van der Waals surface area (Å²) in [6.07, 6.45) is 13.1. The average molecular weight is 500 g/mol. The molecule has 1 heterocycles. The zero-order chi connectivity index (χ0) is 22.1. The van der Waals surface area contributed by atoms with Crippen LogP contribution in [-0.4, -0.2) is 33.5 Å². The molecule has 0 aliphatic heterocycles. The molecule has 6 heteroatoms. The number of unbranched alkanes of at least 4 members (excludes halogenated alkanes) is 1. The van der Waals surface area contributed by atoms with Gasteiger partial charge in [0.05, 0.1) is 12.2 Å². The highest BCUT2D eigenvalue weighted by Gasteiger charge is 2.39. The Kier molecular flexibility index (Phi) is 10.8. The number of halogens is 1. The second-order valence-electron chi connectivity index (χ2n) is 8.31. The van der Waals surface area contributed by atoms with Gasteiger partial charge in [0.2, 0.25) is 0 Å².